The molecular formula is C5H10N4. The Morgan fingerprint density at radius 1 is 1.56 bits per heavy atom. The molecular weight excluding hydrogens is 116 g/mol. The first-order valence-electron chi connectivity index (χ1n) is 3.28. The highest BCUT2D eigenvalue weighted by atomic mass is 15.7. The van der Waals surface area contributed by atoms with Crippen LogP contribution >= 0.6 is 0 Å². The molecule has 2 rings (SSSR count). The molecule has 0 radical (unpaired) electrons. The second-order valence-electron chi connectivity index (χ2n) is 2.79. The van der Waals surface area contributed by atoms with Crippen molar-refractivity contribution in [1.82, 2.24) is 11.0 Å². The standard InChI is InChI=1S/C5H10N4/c1-3-2-4(3)5-6-8-9-7-5/h3-5H,2H2,1H3,(H,6,9)(H,7,8). The van der Waals surface area contributed by atoms with Crippen molar-refractivity contribution in [3.05, 3.63) is 0 Å². The molecule has 3 atom stereocenters. The average Bonchev–Trinajstić information content (AvgIpc) is 2.44. The number of rotatable bonds is 1. The molecule has 2 N–H and O–H groups in total. The highest BCUT2D eigenvalue weighted by molar-refractivity contribution is 4.90. The Hall–Kier alpha value is -0.640. The van der Waals surface area contributed by atoms with Crippen molar-refractivity contribution in [3.8, 4) is 0 Å². The molecule has 2 aliphatic rings. The minimum absolute atomic E-state index is 0.250. The van der Waals surface area contributed by atoms with Crippen LogP contribution in [0.1, 0.15) is 13.3 Å². The third kappa shape index (κ3) is 0.790. The van der Waals surface area contributed by atoms with Crippen molar-refractivity contribution in [1.29, 1.82) is 0 Å². The van der Waals surface area contributed by atoms with Gasteiger partial charge >= 0.3 is 0 Å². The number of hydrogen-bond acceptors (Lipinski definition) is 4. The number of nitrogens with zero attached hydrogens (tertiary/aromatic N) is 2. The molecule has 0 amide bonds. The molecule has 0 aromatic carbocycles. The maximum Gasteiger partial charge on any atom is 0.144 e. The van der Waals surface area contributed by atoms with Crippen LogP contribution in [0.5, 0.6) is 0 Å². The molecule has 1 saturated carbocycles. The molecule has 0 bridgehead atoms. The van der Waals surface area contributed by atoms with E-state index in [-0.39, 0.29) is 6.17 Å². The van der Waals surface area contributed by atoms with Crippen LogP contribution in [0.25, 0.3) is 0 Å². The minimum atomic E-state index is 0.250. The fraction of sp³-hybridized carbons (Fsp3) is 1.00. The van der Waals surface area contributed by atoms with E-state index in [2.05, 4.69) is 28.2 Å². The Kier molecular flexibility index (Phi) is 0.958. The average molecular weight is 126 g/mol. The van der Waals surface area contributed by atoms with E-state index in [4.69, 9.17) is 0 Å². The lowest BCUT2D eigenvalue weighted by molar-refractivity contribution is 0.469. The van der Waals surface area contributed by atoms with Crippen molar-refractivity contribution in [3.63, 3.8) is 0 Å². The third-order valence-electron chi connectivity index (χ3n) is 2.02. The molecule has 1 aliphatic heterocycles. The normalized spacial score (nSPS) is 47.0. The summed E-state index contributed by atoms with van der Waals surface area (Å²) in [6.45, 7) is 2.24. The first kappa shape index (κ1) is 5.17. The van der Waals surface area contributed by atoms with Gasteiger partial charge in [0.15, 0.2) is 0 Å². The van der Waals surface area contributed by atoms with Gasteiger partial charge in [0, 0.05) is 5.92 Å². The minimum Gasteiger partial charge on any atom is -0.222 e. The highest BCUT2D eigenvalue weighted by Gasteiger charge is 2.40. The van der Waals surface area contributed by atoms with Crippen molar-refractivity contribution >= 4 is 0 Å². The summed E-state index contributed by atoms with van der Waals surface area (Å²) in [4.78, 5) is 0. The Balaban J connectivity index is 1.92. The Morgan fingerprint density at radius 3 is 2.78 bits per heavy atom. The summed E-state index contributed by atoms with van der Waals surface area (Å²) >= 11 is 0. The SMILES string of the molecule is CC1CC1C1N=NNN1. The predicted molar refractivity (Wildman–Crippen MR) is 32.2 cm³/mol. The van der Waals surface area contributed by atoms with Gasteiger partial charge in [-0.05, 0) is 12.3 Å². The van der Waals surface area contributed by atoms with E-state index in [0.717, 1.165) is 11.8 Å². The second kappa shape index (κ2) is 1.67. The molecule has 3 unspecified atom stereocenters. The van der Waals surface area contributed by atoms with Gasteiger partial charge in [0.2, 0.25) is 0 Å². The predicted octanol–water partition coefficient (Wildman–Crippen LogP) is 0.444. The van der Waals surface area contributed by atoms with Gasteiger partial charge in [0.05, 0.1) is 0 Å². The van der Waals surface area contributed by atoms with E-state index in [1.54, 1.807) is 0 Å². The Bertz CT molecular complexity index is 144. The van der Waals surface area contributed by atoms with Gasteiger partial charge in [-0.15, -0.1) is 5.11 Å². The maximum atomic E-state index is 3.95. The lowest BCUT2D eigenvalue weighted by atomic mass is 10.3. The molecule has 0 aromatic heterocycles. The summed E-state index contributed by atoms with van der Waals surface area (Å²) < 4.78 is 0. The first-order chi connectivity index (χ1) is 4.38. The van der Waals surface area contributed by atoms with E-state index < -0.39 is 0 Å². The van der Waals surface area contributed by atoms with Gasteiger partial charge in [-0.3, -0.25) is 0 Å². The maximum absolute atomic E-state index is 3.95. The molecule has 9 heavy (non-hydrogen) atoms. The van der Waals surface area contributed by atoms with Crippen LogP contribution in [-0.4, -0.2) is 6.17 Å². The van der Waals surface area contributed by atoms with E-state index in [1.807, 2.05) is 0 Å². The van der Waals surface area contributed by atoms with E-state index in [1.165, 1.54) is 6.42 Å². The van der Waals surface area contributed by atoms with Gasteiger partial charge in [-0.25, -0.2) is 5.53 Å². The molecule has 50 valence electrons. The molecule has 1 fully saturated rings. The van der Waals surface area contributed by atoms with Gasteiger partial charge < -0.3 is 0 Å². The molecule has 0 saturated heterocycles. The highest BCUT2D eigenvalue weighted by Crippen LogP contribution is 2.41. The largest absolute Gasteiger partial charge is 0.222 e. The number of nitrogens with one attached hydrogen (secondary N) is 2. The summed E-state index contributed by atoms with van der Waals surface area (Å²) in [6.07, 6.45) is 1.54. The fourth-order valence-electron chi connectivity index (χ4n) is 1.20. The van der Waals surface area contributed by atoms with Crippen molar-refractivity contribution in [2.45, 2.75) is 19.5 Å². The smallest absolute Gasteiger partial charge is 0.144 e. The lowest BCUT2D eigenvalue weighted by Gasteiger charge is -2.00. The van der Waals surface area contributed by atoms with Crippen LogP contribution in [0, 0.1) is 11.8 Å². The van der Waals surface area contributed by atoms with Crippen LogP contribution in [0.3, 0.4) is 0 Å². The molecule has 4 heteroatoms. The van der Waals surface area contributed by atoms with Gasteiger partial charge in [-0.2, -0.15) is 5.43 Å². The molecule has 4 nitrogen and oxygen atoms in total. The van der Waals surface area contributed by atoms with Crippen LogP contribution in [0.15, 0.2) is 10.3 Å². The number of hydrazine groups is 1. The molecule has 1 heterocycles. The molecule has 0 aromatic rings. The van der Waals surface area contributed by atoms with Gasteiger partial charge in [0.25, 0.3) is 0 Å². The van der Waals surface area contributed by atoms with E-state index >= 15 is 0 Å². The third-order valence-corrected chi connectivity index (χ3v) is 2.02. The Morgan fingerprint density at radius 2 is 2.33 bits per heavy atom. The van der Waals surface area contributed by atoms with Crippen LogP contribution in [0.2, 0.25) is 0 Å². The lowest BCUT2D eigenvalue weighted by Crippen LogP contribution is -2.31. The zero-order chi connectivity index (χ0) is 6.27. The van der Waals surface area contributed by atoms with Crippen LogP contribution in [0.4, 0.5) is 0 Å². The zero-order valence-electron chi connectivity index (χ0n) is 5.33. The van der Waals surface area contributed by atoms with Crippen molar-refractivity contribution in [2.75, 3.05) is 0 Å². The van der Waals surface area contributed by atoms with Crippen LogP contribution < -0.4 is 11.0 Å². The summed E-state index contributed by atoms with van der Waals surface area (Å²) in [5.74, 6) is 1.56. The first-order valence-corrected chi connectivity index (χ1v) is 3.28. The zero-order valence-corrected chi connectivity index (χ0v) is 5.33. The number of hydrogen-bond donors (Lipinski definition) is 2. The van der Waals surface area contributed by atoms with E-state index in [0.29, 0.717) is 0 Å². The van der Waals surface area contributed by atoms with Crippen LogP contribution in [-0.2, 0) is 0 Å². The topological polar surface area (TPSA) is 48.8 Å². The summed E-state index contributed by atoms with van der Waals surface area (Å²) in [6, 6.07) is 0. The van der Waals surface area contributed by atoms with Crippen molar-refractivity contribution < 1.29 is 0 Å². The summed E-state index contributed by atoms with van der Waals surface area (Å²) in [5.41, 5.74) is 5.59. The Labute approximate surface area is 53.7 Å². The molecule has 0 spiro atoms. The van der Waals surface area contributed by atoms with Gasteiger partial charge in [0.1, 0.15) is 6.17 Å². The van der Waals surface area contributed by atoms with Crippen molar-refractivity contribution in [2.24, 2.45) is 22.2 Å². The summed E-state index contributed by atoms with van der Waals surface area (Å²) in [5, 5.41) is 7.58. The quantitative estimate of drug-likeness (QED) is 0.535. The van der Waals surface area contributed by atoms with E-state index in [9.17, 15) is 0 Å². The fourth-order valence-corrected chi connectivity index (χ4v) is 1.20. The summed E-state index contributed by atoms with van der Waals surface area (Å²) in [7, 11) is 0. The monoisotopic (exact) mass is 126 g/mol. The van der Waals surface area contributed by atoms with Gasteiger partial charge in [-0.1, -0.05) is 12.1 Å². The second-order valence-corrected chi connectivity index (χ2v) is 2.79. The molecule has 1 aliphatic carbocycles.